The maximum Gasteiger partial charge on any atom is 0.407 e. The summed E-state index contributed by atoms with van der Waals surface area (Å²) >= 11 is 3.16. The Morgan fingerprint density at radius 2 is 1.56 bits per heavy atom. The second kappa shape index (κ2) is 13.4. The van der Waals surface area contributed by atoms with Gasteiger partial charge in [-0.1, -0.05) is 54.0 Å². The van der Waals surface area contributed by atoms with Gasteiger partial charge in [0, 0.05) is 27.8 Å². The zero-order valence-corrected chi connectivity index (χ0v) is 20.3. The second-order valence-electron chi connectivity index (χ2n) is 7.76. The number of carbonyl (C=O) groups is 2. The van der Waals surface area contributed by atoms with Crippen molar-refractivity contribution in [3.63, 3.8) is 0 Å². The first kappa shape index (κ1) is 25.3. The summed E-state index contributed by atoms with van der Waals surface area (Å²) < 4.78 is 0. The average molecular weight is 498 g/mol. The van der Waals surface area contributed by atoms with E-state index < -0.39 is 12.1 Å². The Bertz CT molecular complexity index is 1030. The first-order valence-corrected chi connectivity index (χ1v) is 12.7. The van der Waals surface area contributed by atoms with E-state index in [0.717, 1.165) is 15.3 Å². The minimum absolute atomic E-state index is 0.209. The van der Waals surface area contributed by atoms with Crippen LogP contribution in [-0.2, 0) is 24.4 Å². The van der Waals surface area contributed by atoms with Gasteiger partial charge in [0.2, 0.25) is 5.91 Å². The number of carboxylic acid groups (broad SMARTS) is 1. The van der Waals surface area contributed by atoms with Gasteiger partial charge in [0.05, 0.1) is 13.1 Å². The SMILES string of the molecule is [N-]=[N+]=N[C@H](CCCCN(Cc1ccccc1)C(=O)O)C(=O)N(Cc1cccs1)Cc1cccs1. The summed E-state index contributed by atoms with van der Waals surface area (Å²) in [6, 6.07) is 16.5. The number of hydrogen-bond donors (Lipinski definition) is 1. The summed E-state index contributed by atoms with van der Waals surface area (Å²) in [7, 11) is 0. The third-order valence-electron chi connectivity index (χ3n) is 5.28. The van der Waals surface area contributed by atoms with E-state index in [-0.39, 0.29) is 5.91 Å². The fourth-order valence-electron chi connectivity index (χ4n) is 3.58. The number of azide groups is 1. The van der Waals surface area contributed by atoms with Crippen molar-refractivity contribution in [2.24, 2.45) is 5.11 Å². The molecule has 0 fully saturated rings. The van der Waals surface area contributed by atoms with Gasteiger partial charge in [-0.05, 0) is 46.8 Å². The summed E-state index contributed by atoms with van der Waals surface area (Å²) in [4.78, 5) is 33.1. The molecule has 2 amide bonds. The predicted molar refractivity (Wildman–Crippen MR) is 135 cm³/mol. The fourth-order valence-corrected chi connectivity index (χ4v) is 5.02. The summed E-state index contributed by atoms with van der Waals surface area (Å²) in [5, 5.41) is 17.3. The standard InChI is InChI=1S/C24H27N5O3S2/c25-27-26-22(12-4-5-13-28(24(31)32)16-19-8-2-1-3-9-19)23(30)29(17-20-10-6-14-33-20)18-21-11-7-15-34-21/h1-3,6-11,14-15,22H,4-5,12-13,16-18H2,(H,31,32)/t22-/m1/s1. The van der Waals surface area contributed by atoms with Gasteiger partial charge in [0.15, 0.2) is 0 Å². The highest BCUT2D eigenvalue weighted by Gasteiger charge is 2.24. The van der Waals surface area contributed by atoms with Crippen LogP contribution in [0.15, 0.2) is 70.5 Å². The maximum atomic E-state index is 13.3. The van der Waals surface area contributed by atoms with Crippen LogP contribution in [0.4, 0.5) is 4.79 Å². The molecule has 1 aromatic carbocycles. The van der Waals surface area contributed by atoms with E-state index in [1.807, 2.05) is 65.4 Å². The molecule has 2 aromatic heterocycles. The van der Waals surface area contributed by atoms with Crippen molar-refractivity contribution in [3.8, 4) is 0 Å². The topological polar surface area (TPSA) is 110 Å². The van der Waals surface area contributed by atoms with Crippen molar-refractivity contribution >= 4 is 34.7 Å². The lowest BCUT2D eigenvalue weighted by Crippen LogP contribution is -2.37. The van der Waals surface area contributed by atoms with Crippen molar-refractivity contribution in [2.75, 3.05) is 6.54 Å². The van der Waals surface area contributed by atoms with Crippen LogP contribution >= 0.6 is 22.7 Å². The molecule has 10 heteroatoms. The molecule has 3 rings (SSSR count). The number of rotatable bonds is 13. The van der Waals surface area contributed by atoms with E-state index in [1.54, 1.807) is 27.6 Å². The van der Waals surface area contributed by atoms with E-state index >= 15 is 0 Å². The molecular weight excluding hydrogens is 470 g/mol. The third kappa shape index (κ3) is 7.91. The molecule has 0 aliphatic carbocycles. The Morgan fingerprint density at radius 3 is 2.09 bits per heavy atom. The van der Waals surface area contributed by atoms with Crippen LogP contribution in [-0.4, -0.2) is 39.5 Å². The smallest absolute Gasteiger partial charge is 0.407 e. The molecule has 0 spiro atoms. The molecule has 0 aliphatic heterocycles. The van der Waals surface area contributed by atoms with Crippen LogP contribution in [0.25, 0.3) is 10.4 Å². The van der Waals surface area contributed by atoms with Crippen molar-refractivity contribution < 1.29 is 14.7 Å². The Labute approximate surface area is 206 Å². The molecule has 8 nitrogen and oxygen atoms in total. The minimum atomic E-state index is -0.982. The minimum Gasteiger partial charge on any atom is -0.465 e. The summed E-state index contributed by atoms with van der Waals surface area (Å²) in [6.45, 7) is 1.56. The molecule has 178 valence electrons. The van der Waals surface area contributed by atoms with E-state index in [0.29, 0.717) is 45.4 Å². The van der Waals surface area contributed by atoms with Crippen LogP contribution in [0.2, 0.25) is 0 Å². The highest BCUT2D eigenvalue weighted by atomic mass is 32.1. The number of carbonyl (C=O) groups excluding carboxylic acids is 1. The molecule has 0 saturated carbocycles. The van der Waals surface area contributed by atoms with Crippen molar-refractivity contribution in [3.05, 3.63) is 91.1 Å². The molecule has 1 N–H and O–H groups in total. The first-order chi connectivity index (χ1) is 16.6. The Kier molecular flexibility index (Phi) is 9.97. The average Bonchev–Trinajstić information content (AvgIpc) is 3.54. The first-order valence-electron chi connectivity index (χ1n) is 11.0. The normalized spacial score (nSPS) is 11.4. The highest BCUT2D eigenvalue weighted by Crippen LogP contribution is 2.20. The predicted octanol–water partition coefficient (Wildman–Crippen LogP) is 6.37. The summed E-state index contributed by atoms with van der Waals surface area (Å²) in [5.74, 6) is -0.209. The number of thiophene rings is 2. The monoisotopic (exact) mass is 497 g/mol. The van der Waals surface area contributed by atoms with Crippen molar-refractivity contribution in [1.29, 1.82) is 0 Å². The van der Waals surface area contributed by atoms with E-state index in [1.165, 1.54) is 4.90 Å². The van der Waals surface area contributed by atoms with Gasteiger partial charge in [-0.2, -0.15) is 0 Å². The lowest BCUT2D eigenvalue weighted by Gasteiger charge is -2.25. The molecule has 0 radical (unpaired) electrons. The Hall–Kier alpha value is -3.33. The van der Waals surface area contributed by atoms with Gasteiger partial charge in [-0.25, -0.2) is 4.79 Å². The van der Waals surface area contributed by atoms with Crippen molar-refractivity contribution in [2.45, 2.75) is 44.9 Å². The molecule has 0 saturated heterocycles. The Balaban J connectivity index is 1.58. The van der Waals surface area contributed by atoms with Gasteiger partial charge in [0.1, 0.15) is 6.04 Å². The largest absolute Gasteiger partial charge is 0.465 e. The summed E-state index contributed by atoms with van der Waals surface area (Å²) in [5.41, 5.74) is 9.99. The molecule has 2 heterocycles. The molecule has 3 aromatic rings. The third-order valence-corrected chi connectivity index (χ3v) is 7.01. The molecule has 34 heavy (non-hydrogen) atoms. The van der Waals surface area contributed by atoms with Crippen LogP contribution in [0.3, 0.4) is 0 Å². The highest BCUT2D eigenvalue weighted by molar-refractivity contribution is 7.10. The van der Waals surface area contributed by atoms with Gasteiger partial charge in [-0.3, -0.25) is 4.79 Å². The van der Waals surface area contributed by atoms with Crippen molar-refractivity contribution in [1.82, 2.24) is 9.80 Å². The number of hydrogen-bond acceptors (Lipinski definition) is 5. The molecule has 1 atom stereocenters. The number of unbranched alkanes of at least 4 members (excludes halogenated alkanes) is 1. The van der Waals surface area contributed by atoms with Crippen LogP contribution in [0.1, 0.15) is 34.6 Å². The quantitative estimate of drug-likeness (QED) is 0.128. The van der Waals surface area contributed by atoms with Gasteiger partial charge in [-0.15, -0.1) is 22.7 Å². The summed E-state index contributed by atoms with van der Waals surface area (Å²) in [6.07, 6.45) is 0.525. The van der Waals surface area contributed by atoms with Crippen LogP contribution < -0.4 is 0 Å². The van der Waals surface area contributed by atoms with Gasteiger partial charge >= 0.3 is 6.09 Å². The van der Waals surface area contributed by atoms with E-state index in [4.69, 9.17) is 5.53 Å². The van der Waals surface area contributed by atoms with Crippen LogP contribution in [0, 0.1) is 0 Å². The molecular formula is C24H27N5O3S2. The second-order valence-corrected chi connectivity index (χ2v) is 9.82. The number of benzene rings is 1. The molecule has 0 aliphatic rings. The zero-order valence-electron chi connectivity index (χ0n) is 18.7. The lowest BCUT2D eigenvalue weighted by molar-refractivity contribution is -0.133. The molecule has 0 bridgehead atoms. The van der Waals surface area contributed by atoms with E-state index in [9.17, 15) is 14.7 Å². The lowest BCUT2D eigenvalue weighted by atomic mass is 10.1. The zero-order chi connectivity index (χ0) is 24.2. The molecule has 0 unspecified atom stereocenters. The fraction of sp³-hybridized carbons (Fsp3) is 0.333. The number of nitrogens with zero attached hydrogens (tertiary/aromatic N) is 5. The van der Waals surface area contributed by atoms with Gasteiger partial charge in [0.25, 0.3) is 0 Å². The number of amides is 2. The van der Waals surface area contributed by atoms with Crippen LogP contribution in [0.5, 0.6) is 0 Å². The van der Waals surface area contributed by atoms with Gasteiger partial charge < -0.3 is 14.9 Å². The van der Waals surface area contributed by atoms with E-state index in [2.05, 4.69) is 10.0 Å². The Morgan fingerprint density at radius 1 is 0.912 bits per heavy atom. The maximum absolute atomic E-state index is 13.3.